The molecule has 2 N–H and O–H groups in total. The van der Waals surface area contributed by atoms with Crippen LogP contribution >= 0.6 is 0 Å². The smallest absolute Gasteiger partial charge is 0.239 e. The zero-order valence-electron chi connectivity index (χ0n) is 12.4. The summed E-state index contributed by atoms with van der Waals surface area (Å²) in [6, 6.07) is 9.73. The Balaban J connectivity index is 1.72. The van der Waals surface area contributed by atoms with E-state index in [1.54, 1.807) is 6.07 Å². The first-order chi connectivity index (χ1) is 11.1. The average molecular weight is 310 g/mol. The molecule has 3 aromatic rings. The van der Waals surface area contributed by atoms with Crippen molar-refractivity contribution in [3.8, 4) is 0 Å². The van der Waals surface area contributed by atoms with Crippen LogP contribution in [-0.4, -0.2) is 31.5 Å². The number of carbonyl (C=O) groups is 1. The van der Waals surface area contributed by atoms with E-state index in [1.165, 1.54) is 11.8 Å². The van der Waals surface area contributed by atoms with Crippen molar-refractivity contribution in [3.63, 3.8) is 0 Å². The molecule has 0 saturated heterocycles. The fourth-order valence-electron chi connectivity index (χ4n) is 2.05. The van der Waals surface area contributed by atoms with Crippen molar-refractivity contribution in [2.24, 2.45) is 0 Å². The number of aryl methyl sites for hydroxylation is 1. The number of carbonyl (C=O) groups excluding carboxylic acids is 1. The van der Waals surface area contributed by atoms with Crippen LogP contribution in [0.1, 0.15) is 33.1 Å². The summed E-state index contributed by atoms with van der Waals surface area (Å²) in [7, 11) is 0. The highest BCUT2D eigenvalue weighted by molar-refractivity contribution is 6.07. The van der Waals surface area contributed by atoms with E-state index in [4.69, 9.17) is 4.42 Å². The number of rotatable bonds is 5. The molecule has 0 unspecified atom stereocenters. The Hall–Kier alpha value is -3.22. The summed E-state index contributed by atoms with van der Waals surface area (Å²) in [4.78, 5) is 12.1. The third-order valence-corrected chi connectivity index (χ3v) is 3.28. The van der Waals surface area contributed by atoms with Gasteiger partial charge < -0.3 is 9.52 Å². The maximum absolute atomic E-state index is 12.1. The molecule has 0 spiro atoms. The second-order valence-electron chi connectivity index (χ2n) is 5.09. The standard InChI is InChI=1S/C16H14N4O3/c1-10-2-4-11(5-3-10)6-13-7-12(9-23-13)14(21)8-15(22)16-17-19-20-18-16/h2-5,7-9,22H,6H2,1H3,(H,17,18,19,20). The molecule has 0 bridgehead atoms. The van der Waals surface area contributed by atoms with E-state index in [2.05, 4.69) is 20.6 Å². The van der Waals surface area contributed by atoms with Gasteiger partial charge in [0.25, 0.3) is 0 Å². The first-order valence-corrected chi connectivity index (χ1v) is 6.93. The average Bonchev–Trinajstić information content (AvgIpc) is 3.21. The van der Waals surface area contributed by atoms with Gasteiger partial charge in [0.15, 0.2) is 11.5 Å². The van der Waals surface area contributed by atoms with Crippen molar-refractivity contribution in [1.29, 1.82) is 0 Å². The molecular formula is C16H14N4O3. The van der Waals surface area contributed by atoms with Gasteiger partial charge in [-0.1, -0.05) is 29.8 Å². The number of aliphatic hydroxyl groups is 1. The molecule has 0 radical (unpaired) electrons. The van der Waals surface area contributed by atoms with E-state index in [0.717, 1.165) is 11.6 Å². The summed E-state index contributed by atoms with van der Waals surface area (Å²) < 4.78 is 5.41. The fraction of sp³-hybridized carbons (Fsp3) is 0.125. The zero-order chi connectivity index (χ0) is 16.2. The van der Waals surface area contributed by atoms with Crippen LogP contribution in [0, 0.1) is 6.92 Å². The molecule has 0 aliphatic carbocycles. The number of ketones is 1. The van der Waals surface area contributed by atoms with Crippen molar-refractivity contribution >= 4 is 11.5 Å². The second kappa shape index (κ2) is 6.27. The Morgan fingerprint density at radius 2 is 2.13 bits per heavy atom. The van der Waals surface area contributed by atoms with Crippen LogP contribution in [0.4, 0.5) is 0 Å². The molecule has 0 atom stereocenters. The molecule has 0 fully saturated rings. The summed E-state index contributed by atoms with van der Waals surface area (Å²) in [5.41, 5.74) is 2.63. The Labute approximate surface area is 131 Å². The van der Waals surface area contributed by atoms with E-state index in [9.17, 15) is 9.90 Å². The Morgan fingerprint density at radius 3 is 2.83 bits per heavy atom. The maximum Gasteiger partial charge on any atom is 0.239 e. The van der Waals surface area contributed by atoms with Gasteiger partial charge in [0.2, 0.25) is 5.82 Å². The minimum atomic E-state index is -0.397. The lowest BCUT2D eigenvalue weighted by atomic mass is 10.1. The fourth-order valence-corrected chi connectivity index (χ4v) is 2.05. The summed E-state index contributed by atoms with van der Waals surface area (Å²) in [5, 5.41) is 22.4. The first kappa shape index (κ1) is 14.7. The minimum Gasteiger partial charge on any atom is -0.504 e. The van der Waals surface area contributed by atoms with Gasteiger partial charge in [-0.25, -0.2) is 0 Å². The second-order valence-corrected chi connectivity index (χ2v) is 5.09. The van der Waals surface area contributed by atoms with Gasteiger partial charge in [0.05, 0.1) is 5.56 Å². The predicted molar refractivity (Wildman–Crippen MR) is 81.8 cm³/mol. The molecule has 7 heteroatoms. The molecule has 0 aliphatic rings. The van der Waals surface area contributed by atoms with Crippen molar-refractivity contribution in [1.82, 2.24) is 20.6 Å². The summed E-state index contributed by atoms with van der Waals surface area (Å²) in [5.74, 6) is -0.123. The van der Waals surface area contributed by atoms with Crippen molar-refractivity contribution in [2.45, 2.75) is 13.3 Å². The highest BCUT2D eigenvalue weighted by atomic mass is 16.3. The Morgan fingerprint density at radius 1 is 1.35 bits per heavy atom. The number of aromatic nitrogens is 4. The van der Waals surface area contributed by atoms with Crippen LogP contribution in [-0.2, 0) is 6.42 Å². The monoisotopic (exact) mass is 310 g/mol. The lowest BCUT2D eigenvalue weighted by Crippen LogP contribution is -1.96. The summed E-state index contributed by atoms with van der Waals surface area (Å²) >= 11 is 0. The van der Waals surface area contributed by atoms with Crippen molar-refractivity contribution in [2.75, 3.05) is 0 Å². The zero-order valence-corrected chi connectivity index (χ0v) is 12.4. The maximum atomic E-state index is 12.1. The molecule has 0 aliphatic heterocycles. The number of hydrogen-bond acceptors (Lipinski definition) is 6. The molecule has 0 amide bonds. The molecule has 3 rings (SSSR count). The number of aliphatic hydroxyl groups excluding tert-OH is 1. The molecule has 23 heavy (non-hydrogen) atoms. The van der Waals surface area contributed by atoms with Gasteiger partial charge in [0, 0.05) is 12.5 Å². The third kappa shape index (κ3) is 3.52. The van der Waals surface area contributed by atoms with E-state index < -0.39 is 5.78 Å². The normalized spacial score (nSPS) is 11.6. The molecule has 1 aromatic carbocycles. The number of aromatic amines is 1. The summed E-state index contributed by atoms with van der Waals surface area (Å²) in [6.45, 7) is 2.02. The van der Waals surface area contributed by atoms with E-state index >= 15 is 0 Å². The number of furan rings is 1. The van der Waals surface area contributed by atoms with Gasteiger partial charge in [-0.3, -0.25) is 4.79 Å². The molecule has 7 nitrogen and oxygen atoms in total. The van der Waals surface area contributed by atoms with Gasteiger partial charge >= 0.3 is 0 Å². The van der Waals surface area contributed by atoms with Crippen LogP contribution in [0.2, 0.25) is 0 Å². The van der Waals surface area contributed by atoms with Crippen LogP contribution in [0.5, 0.6) is 0 Å². The molecule has 2 heterocycles. The first-order valence-electron chi connectivity index (χ1n) is 6.93. The molecular weight excluding hydrogens is 296 g/mol. The largest absolute Gasteiger partial charge is 0.504 e. The molecule has 116 valence electrons. The Kier molecular flexibility index (Phi) is 4.01. The predicted octanol–water partition coefficient (Wildman–Crippen LogP) is 2.47. The number of H-pyrrole nitrogens is 1. The van der Waals surface area contributed by atoms with Crippen molar-refractivity contribution in [3.05, 3.63) is 70.9 Å². The van der Waals surface area contributed by atoms with Crippen LogP contribution in [0.25, 0.3) is 5.76 Å². The van der Waals surface area contributed by atoms with Gasteiger partial charge in [-0.2, -0.15) is 5.21 Å². The number of tetrazole rings is 1. The number of nitrogens with zero attached hydrogens (tertiary/aromatic N) is 3. The SMILES string of the molecule is Cc1ccc(Cc2cc(C(=O)C=C(O)c3nn[nH]n3)co2)cc1. The highest BCUT2D eigenvalue weighted by Gasteiger charge is 2.12. The van der Waals surface area contributed by atoms with Gasteiger partial charge in [-0.05, 0) is 23.8 Å². The van der Waals surface area contributed by atoms with E-state index in [0.29, 0.717) is 17.7 Å². The van der Waals surface area contributed by atoms with Crippen molar-refractivity contribution < 1.29 is 14.3 Å². The third-order valence-electron chi connectivity index (χ3n) is 3.28. The van der Waals surface area contributed by atoms with Crippen LogP contribution in [0.15, 0.2) is 47.1 Å². The number of benzene rings is 1. The summed E-state index contributed by atoms with van der Waals surface area (Å²) in [6.07, 6.45) is 2.99. The highest BCUT2D eigenvalue weighted by Crippen LogP contribution is 2.16. The number of allylic oxidation sites excluding steroid dienone is 1. The minimum absolute atomic E-state index is 0.0401. The van der Waals surface area contributed by atoms with E-state index in [-0.39, 0.29) is 11.6 Å². The lowest BCUT2D eigenvalue weighted by molar-refractivity contribution is 0.104. The van der Waals surface area contributed by atoms with Gasteiger partial charge in [-0.15, -0.1) is 10.2 Å². The lowest BCUT2D eigenvalue weighted by Gasteiger charge is -1.98. The Bertz CT molecular complexity index is 833. The van der Waals surface area contributed by atoms with Crippen LogP contribution < -0.4 is 0 Å². The molecule has 0 saturated carbocycles. The van der Waals surface area contributed by atoms with E-state index in [1.807, 2.05) is 31.2 Å². The van der Waals surface area contributed by atoms with Gasteiger partial charge in [0.1, 0.15) is 12.0 Å². The number of hydrogen-bond donors (Lipinski definition) is 2. The van der Waals surface area contributed by atoms with Crippen LogP contribution in [0.3, 0.4) is 0 Å². The number of nitrogens with one attached hydrogen (secondary N) is 1. The molecule has 2 aromatic heterocycles. The quantitative estimate of drug-likeness (QED) is 0.426. The topological polar surface area (TPSA) is 105 Å².